The zero-order valence-electron chi connectivity index (χ0n) is 13.2. The van der Waals surface area contributed by atoms with Gasteiger partial charge < -0.3 is 14.6 Å². The van der Waals surface area contributed by atoms with Crippen molar-refractivity contribution in [1.29, 1.82) is 0 Å². The first-order valence-electron chi connectivity index (χ1n) is 7.53. The van der Waals surface area contributed by atoms with Crippen molar-refractivity contribution in [2.45, 2.75) is 58.3 Å². The van der Waals surface area contributed by atoms with Gasteiger partial charge in [-0.1, -0.05) is 31.9 Å². The average Bonchev–Trinajstić information content (AvgIpc) is 2.52. The van der Waals surface area contributed by atoms with Gasteiger partial charge in [-0.25, -0.2) is 0 Å². The van der Waals surface area contributed by atoms with Crippen LogP contribution in [0.1, 0.15) is 45.1 Å². The van der Waals surface area contributed by atoms with E-state index in [-0.39, 0.29) is 5.78 Å². The van der Waals surface area contributed by atoms with Crippen molar-refractivity contribution in [2.75, 3.05) is 7.11 Å². The zero-order chi connectivity index (χ0) is 15.7. The molecule has 1 rings (SSSR count). The van der Waals surface area contributed by atoms with Crippen molar-refractivity contribution in [3.8, 4) is 5.75 Å². The summed E-state index contributed by atoms with van der Waals surface area (Å²) in [5.74, 6) is 0.656. The molecule has 0 bridgehead atoms. The Morgan fingerprint density at radius 3 is 2.48 bits per heavy atom. The number of Topliss-reactive ketones (excluding diaryl/α,β-unsaturated/α-hetero) is 1. The fraction of sp³-hybridized carbons (Fsp3) is 0.588. The van der Waals surface area contributed by atoms with Crippen molar-refractivity contribution in [3.63, 3.8) is 0 Å². The molecular weight excluding hydrogens is 268 g/mol. The number of rotatable bonds is 10. The van der Waals surface area contributed by atoms with Crippen LogP contribution < -0.4 is 4.74 Å². The molecule has 0 aromatic heterocycles. The molecule has 0 spiro atoms. The molecule has 1 N–H and O–H groups in total. The molecule has 0 unspecified atom stereocenters. The van der Waals surface area contributed by atoms with E-state index >= 15 is 0 Å². The minimum atomic E-state index is -1.04. The number of aliphatic hydroxyl groups is 1. The summed E-state index contributed by atoms with van der Waals surface area (Å²) in [6.07, 6.45) is 1.79. The Balaban J connectivity index is 2.37. The number of ether oxygens (including phenoxy) is 2. The smallest absolute Gasteiger partial charge is 0.163 e. The highest BCUT2D eigenvalue weighted by atomic mass is 16.5. The lowest BCUT2D eigenvalue weighted by molar-refractivity contribution is -0.135. The lowest BCUT2D eigenvalue weighted by Crippen LogP contribution is -2.33. The summed E-state index contributed by atoms with van der Waals surface area (Å²) < 4.78 is 10.7. The monoisotopic (exact) mass is 294 g/mol. The highest BCUT2D eigenvalue weighted by molar-refractivity contribution is 5.83. The fourth-order valence-corrected chi connectivity index (χ4v) is 2.00. The minimum absolute atomic E-state index is 0.134. The summed E-state index contributed by atoms with van der Waals surface area (Å²) in [6, 6.07) is 7.52. The first-order valence-corrected chi connectivity index (χ1v) is 7.53. The van der Waals surface area contributed by atoms with Gasteiger partial charge in [0.2, 0.25) is 0 Å². The molecule has 0 saturated heterocycles. The molecule has 0 amide bonds. The summed E-state index contributed by atoms with van der Waals surface area (Å²) >= 11 is 0. The topological polar surface area (TPSA) is 55.8 Å². The van der Waals surface area contributed by atoms with Gasteiger partial charge in [-0.2, -0.15) is 0 Å². The third-order valence-corrected chi connectivity index (χ3v) is 3.47. The van der Waals surface area contributed by atoms with Crippen molar-refractivity contribution in [2.24, 2.45) is 0 Å². The van der Waals surface area contributed by atoms with Crippen LogP contribution in [0.15, 0.2) is 24.3 Å². The molecule has 21 heavy (non-hydrogen) atoms. The van der Waals surface area contributed by atoms with Gasteiger partial charge in [-0.3, -0.25) is 4.79 Å². The summed E-state index contributed by atoms with van der Waals surface area (Å²) in [6.45, 7) is 4.18. The molecule has 0 aliphatic carbocycles. The maximum Gasteiger partial charge on any atom is 0.163 e. The lowest BCUT2D eigenvalue weighted by Gasteiger charge is -2.18. The predicted molar refractivity (Wildman–Crippen MR) is 82.4 cm³/mol. The van der Waals surface area contributed by atoms with Gasteiger partial charge in [0.1, 0.15) is 11.9 Å². The van der Waals surface area contributed by atoms with Crippen LogP contribution in [0.2, 0.25) is 0 Å². The summed E-state index contributed by atoms with van der Waals surface area (Å²) in [4.78, 5) is 11.8. The highest BCUT2D eigenvalue weighted by Gasteiger charge is 2.22. The molecule has 1 aromatic carbocycles. The molecule has 0 aliphatic rings. The van der Waals surface area contributed by atoms with E-state index in [1.54, 1.807) is 14.0 Å². The van der Waals surface area contributed by atoms with Gasteiger partial charge in [0.25, 0.3) is 0 Å². The molecule has 0 heterocycles. The molecule has 2 atom stereocenters. The Labute approximate surface area is 127 Å². The number of benzene rings is 1. The highest BCUT2D eigenvalue weighted by Crippen LogP contribution is 2.14. The SMILES string of the molecule is CCCCCC(=O)[C@@H](O)[C@@H](C)OCc1ccc(OC)cc1. The van der Waals surface area contributed by atoms with Crippen LogP contribution >= 0.6 is 0 Å². The number of carbonyl (C=O) groups excluding carboxylic acids is 1. The van der Waals surface area contributed by atoms with Crippen molar-refractivity contribution >= 4 is 5.78 Å². The second-order valence-corrected chi connectivity index (χ2v) is 5.23. The van der Waals surface area contributed by atoms with E-state index in [1.807, 2.05) is 24.3 Å². The average molecular weight is 294 g/mol. The maximum absolute atomic E-state index is 11.8. The zero-order valence-corrected chi connectivity index (χ0v) is 13.2. The van der Waals surface area contributed by atoms with E-state index in [4.69, 9.17) is 9.47 Å². The summed E-state index contributed by atoms with van der Waals surface area (Å²) in [7, 11) is 1.62. The molecule has 0 saturated carbocycles. The number of aliphatic hydroxyl groups excluding tert-OH is 1. The molecular formula is C17H26O4. The number of ketones is 1. The first kappa shape index (κ1) is 17.7. The van der Waals surface area contributed by atoms with Crippen LogP contribution in [0.3, 0.4) is 0 Å². The number of hydrogen-bond donors (Lipinski definition) is 1. The molecule has 118 valence electrons. The first-order chi connectivity index (χ1) is 10.1. The van der Waals surface area contributed by atoms with Crippen molar-refractivity contribution in [3.05, 3.63) is 29.8 Å². The number of hydrogen-bond acceptors (Lipinski definition) is 4. The van der Waals surface area contributed by atoms with Gasteiger partial charge in [0.15, 0.2) is 5.78 Å². The van der Waals surface area contributed by atoms with Crippen LogP contribution in [-0.2, 0) is 16.1 Å². The Hall–Kier alpha value is -1.39. The van der Waals surface area contributed by atoms with Crippen LogP contribution in [0.4, 0.5) is 0 Å². The van der Waals surface area contributed by atoms with E-state index in [0.717, 1.165) is 30.6 Å². The van der Waals surface area contributed by atoms with E-state index in [0.29, 0.717) is 13.0 Å². The van der Waals surface area contributed by atoms with Crippen LogP contribution in [0, 0.1) is 0 Å². The lowest BCUT2D eigenvalue weighted by atomic mass is 10.0. The van der Waals surface area contributed by atoms with E-state index < -0.39 is 12.2 Å². The largest absolute Gasteiger partial charge is 0.497 e. The van der Waals surface area contributed by atoms with Gasteiger partial charge in [-0.15, -0.1) is 0 Å². The van der Waals surface area contributed by atoms with Gasteiger partial charge in [0.05, 0.1) is 19.8 Å². The number of carbonyl (C=O) groups is 1. The molecule has 0 radical (unpaired) electrons. The Morgan fingerprint density at radius 2 is 1.90 bits per heavy atom. The van der Waals surface area contributed by atoms with Gasteiger partial charge >= 0.3 is 0 Å². The van der Waals surface area contributed by atoms with Crippen LogP contribution in [0.25, 0.3) is 0 Å². The van der Waals surface area contributed by atoms with Gasteiger partial charge in [0, 0.05) is 6.42 Å². The maximum atomic E-state index is 11.8. The minimum Gasteiger partial charge on any atom is -0.497 e. The Bertz CT molecular complexity index is 413. The third-order valence-electron chi connectivity index (χ3n) is 3.47. The molecule has 0 fully saturated rings. The normalized spacial score (nSPS) is 13.7. The number of unbranched alkanes of at least 4 members (excludes halogenated alkanes) is 2. The second-order valence-electron chi connectivity index (χ2n) is 5.23. The molecule has 1 aromatic rings. The van der Waals surface area contributed by atoms with E-state index in [9.17, 15) is 9.90 Å². The van der Waals surface area contributed by atoms with Crippen molar-refractivity contribution < 1.29 is 19.4 Å². The van der Waals surface area contributed by atoms with Crippen LogP contribution in [-0.4, -0.2) is 30.2 Å². The summed E-state index contributed by atoms with van der Waals surface area (Å²) in [5.41, 5.74) is 0.980. The number of methoxy groups -OCH3 is 1. The van der Waals surface area contributed by atoms with E-state index in [1.165, 1.54) is 0 Å². The van der Waals surface area contributed by atoms with Crippen LogP contribution in [0.5, 0.6) is 5.75 Å². The Kier molecular flexibility index (Phi) is 8.01. The molecule has 4 heteroatoms. The third kappa shape index (κ3) is 6.27. The fourth-order valence-electron chi connectivity index (χ4n) is 2.00. The molecule has 0 aliphatic heterocycles. The van der Waals surface area contributed by atoms with Gasteiger partial charge in [-0.05, 0) is 31.0 Å². The molecule has 4 nitrogen and oxygen atoms in total. The second kappa shape index (κ2) is 9.53. The quantitative estimate of drug-likeness (QED) is 0.674. The Morgan fingerprint density at radius 1 is 1.24 bits per heavy atom. The van der Waals surface area contributed by atoms with Crippen molar-refractivity contribution in [1.82, 2.24) is 0 Å². The predicted octanol–water partition coefficient (Wildman–Crippen LogP) is 3.11. The summed E-state index contributed by atoms with van der Waals surface area (Å²) in [5, 5.41) is 9.95. The van der Waals surface area contributed by atoms with E-state index in [2.05, 4.69) is 6.92 Å². The standard InChI is InChI=1S/C17H26O4/c1-4-5-6-7-16(18)17(19)13(2)21-12-14-8-10-15(20-3)11-9-14/h8-11,13,17,19H,4-7,12H2,1-3H3/t13-,17+/m1/s1.